The Morgan fingerprint density at radius 3 is 2.29 bits per heavy atom. The summed E-state index contributed by atoms with van der Waals surface area (Å²) < 4.78 is 6.43. The molecule has 3 rings (SSSR count). The predicted octanol–water partition coefficient (Wildman–Crippen LogP) is 5.55. The molecular weight excluding hydrogens is 366 g/mol. The smallest absolute Gasteiger partial charge is 0.340 e. The zero-order valence-corrected chi connectivity index (χ0v) is 14.5. The number of ether oxygens (including phenoxy) is 1. The molecule has 0 aromatic heterocycles. The van der Waals surface area contributed by atoms with E-state index in [2.05, 4.69) is 21.2 Å². The van der Waals surface area contributed by atoms with Crippen molar-refractivity contribution in [2.24, 2.45) is 0 Å². The molecule has 0 unspecified atom stereocenters. The normalized spacial score (nSPS) is 10.2. The monoisotopic (exact) mass is 381 g/mol. The van der Waals surface area contributed by atoms with E-state index in [1.807, 2.05) is 72.8 Å². The number of esters is 1. The molecule has 0 atom stereocenters. The van der Waals surface area contributed by atoms with E-state index in [1.54, 1.807) is 6.07 Å². The van der Waals surface area contributed by atoms with Crippen molar-refractivity contribution in [1.82, 2.24) is 0 Å². The summed E-state index contributed by atoms with van der Waals surface area (Å²) in [6.07, 6.45) is 0. The third-order valence-electron chi connectivity index (χ3n) is 3.48. The van der Waals surface area contributed by atoms with Crippen LogP contribution in [0.25, 0.3) is 0 Å². The molecule has 3 nitrogen and oxygen atoms in total. The van der Waals surface area contributed by atoms with Crippen molar-refractivity contribution in [3.05, 3.63) is 94.5 Å². The van der Waals surface area contributed by atoms with Gasteiger partial charge in [-0.15, -0.1) is 0 Å². The average Bonchev–Trinajstić information content (AvgIpc) is 2.62. The van der Waals surface area contributed by atoms with Crippen LogP contribution in [-0.2, 0) is 11.3 Å². The summed E-state index contributed by atoms with van der Waals surface area (Å²) in [5.74, 6) is -0.350. The van der Waals surface area contributed by atoms with Crippen molar-refractivity contribution >= 4 is 33.3 Å². The Morgan fingerprint density at radius 2 is 1.54 bits per heavy atom. The topological polar surface area (TPSA) is 38.3 Å². The molecule has 120 valence electrons. The van der Waals surface area contributed by atoms with Crippen LogP contribution in [0, 0.1) is 0 Å². The second kappa shape index (κ2) is 7.79. The van der Waals surface area contributed by atoms with E-state index < -0.39 is 0 Å². The molecule has 0 heterocycles. The number of para-hydroxylation sites is 2. The lowest BCUT2D eigenvalue weighted by molar-refractivity contribution is 0.0474. The molecule has 3 aromatic rings. The molecule has 0 aliphatic heterocycles. The van der Waals surface area contributed by atoms with Gasteiger partial charge in [0.2, 0.25) is 0 Å². The van der Waals surface area contributed by atoms with Crippen LogP contribution in [-0.4, -0.2) is 5.97 Å². The van der Waals surface area contributed by atoms with Crippen molar-refractivity contribution in [2.75, 3.05) is 5.32 Å². The Hall–Kier alpha value is -2.59. The Morgan fingerprint density at radius 1 is 0.875 bits per heavy atom. The fourth-order valence-electron chi connectivity index (χ4n) is 2.25. The third kappa shape index (κ3) is 4.24. The quantitative estimate of drug-likeness (QED) is 0.588. The van der Waals surface area contributed by atoms with Crippen molar-refractivity contribution in [3.8, 4) is 0 Å². The highest BCUT2D eigenvalue weighted by Crippen LogP contribution is 2.22. The summed E-state index contributed by atoms with van der Waals surface area (Å²) in [6.45, 7) is 0.242. The molecule has 0 saturated carbocycles. The zero-order valence-electron chi connectivity index (χ0n) is 12.9. The lowest BCUT2D eigenvalue weighted by atomic mass is 10.1. The Balaban J connectivity index is 1.71. The molecule has 24 heavy (non-hydrogen) atoms. The number of anilines is 2. The van der Waals surface area contributed by atoms with Crippen LogP contribution in [0.15, 0.2) is 83.3 Å². The van der Waals surface area contributed by atoms with Crippen LogP contribution in [0.4, 0.5) is 11.4 Å². The standard InChI is InChI=1S/C20H16BrNO2/c21-16-12-10-15(11-13-16)14-24-20(23)18-8-4-5-9-19(18)22-17-6-2-1-3-7-17/h1-13,22H,14H2. The highest BCUT2D eigenvalue weighted by molar-refractivity contribution is 9.10. The summed E-state index contributed by atoms with van der Waals surface area (Å²) in [5, 5.41) is 3.25. The maximum Gasteiger partial charge on any atom is 0.340 e. The van der Waals surface area contributed by atoms with Gasteiger partial charge in [0.05, 0.1) is 11.3 Å². The van der Waals surface area contributed by atoms with E-state index >= 15 is 0 Å². The van der Waals surface area contributed by atoms with E-state index in [0.717, 1.165) is 21.4 Å². The van der Waals surface area contributed by atoms with Crippen LogP contribution in [0.2, 0.25) is 0 Å². The first-order valence-corrected chi connectivity index (χ1v) is 8.34. The van der Waals surface area contributed by atoms with Crippen LogP contribution in [0.5, 0.6) is 0 Å². The predicted molar refractivity (Wildman–Crippen MR) is 99.4 cm³/mol. The van der Waals surface area contributed by atoms with Crippen molar-refractivity contribution in [2.45, 2.75) is 6.61 Å². The van der Waals surface area contributed by atoms with E-state index in [-0.39, 0.29) is 12.6 Å². The van der Waals surface area contributed by atoms with Gasteiger partial charge in [-0.1, -0.05) is 58.4 Å². The molecular formula is C20H16BrNO2. The number of hydrogen-bond donors (Lipinski definition) is 1. The van der Waals surface area contributed by atoms with Crippen LogP contribution >= 0.6 is 15.9 Å². The molecule has 0 fully saturated rings. The maximum atomic E-state index is 12.4. The van der Waals surface area contributed by atoms with Crippen LogP contribution in [0.3, 0.4) is 0 Å². The lowest BCUT2D eigenvalue weighted by Gasteiger charge is -2.12. The largest absolute Gasteiger partial charge is 0.457 e. The van der Waals surface area contributed by atoms with Gasteiger partial charge in [0.25, 0.3) is 0 Å². The number of nitrogens with one attached hydrogen (secondary N) is 1. The summed E-state index contributed by atoms with van der Waals surface area (Å²) in [4.78, 5) is 12.4. The minimum atomic E-state index is -0.350. The van der Waals surface area contributed by atoms with Gasteiger partial charge in [0, 0.05) is 10.2 Å². The highest BCUT2D eigenvalue weighted by atomic mass is 79.9. The number of halogens is 1. The molecule has 0 radical (unpaired) electrons. The van der Waals surface area contributed by atoms with Gasteiger partial charge >= 0.3 is 5.97 Å². The van der Waals surface area contributed by atoms with E-state index in [1.165, 1.54) is 0 Å². The molecule has 0 amide bonds. The fraction of sp³-hybridized carbons (Fsp3) is 0.0500. The summed E-state index contributed by atoms with van der Waals surface area (Å²) >= 11 is 3.39. The second-order valence-electron chi connectivity index (χ2n) is 5.24. The first-order chi connectivity index (χ1) is 11.7. The molecule has 0 aliphatic carbocycles. The van der Waals surface area contributed by atoms with Crippen molar-refractivity contribution in [3.63, 3.8) is 0 Å². The second-order valence-corrected chi connectivity index (χ2v) is 6.15. The van der Waals surface area contributed by atoms with Gasteiger partial charge in [-0.2, -0.15) is 0 Å². The molecule has 0 spiro atoms. The summed E-state index contributed by atoms with van der Waals surface area (Å²) in [7, 11) is 0. The molecule has 0 bridgehead atoms. The van der Waals surface area contributed by atoms with Gasteiger partial charge in [0.1, 0.15) is 6.61 Å². The van der Waals surface area contributed by atoms with Crippen LogP contribution < -0.4 is 5.32 Å². The molecule has 1 N–H and O–H groups in total. The lowest BCUT2D eigenvalue weighted by Crippen LogP contribution is -2.08. The molecule has 0 saturated heterocycles. The van der Waals surface area contributed by atoms with Gasteiger partial charge in [0.15, 0.2) is 0 Å². The summed E-state index contributed by atoms with van der Waals surface area (Å²) in [6, 6.07) is 24.8. The SMILES string of the molecule is O=C(OCc1ccc(Br)cc1)c1ccccc1Nc1ccccc1. The number of carbonyl (C=O) groups is 1. The number of carbonyl (C=O) groups excluding carboxylic acids is 1. The van der Waals surface area contributed by atoms with Crippen molar-refractivity contribution in [1.29, 1.82) is 0 Å². The third-order valence-corrected chi connectivity index (χ3v) is 4.01. The van der Waals surface area contributed by atoms with Crippen molar-refractivity contribution < 1.29 is 9.53 Å². The van der Waals surface area contributed by atoms with E-state index in [0.29, 0.717) is 5.56 Å². The van der Waals surface area contributed by atoms with E-state index in [9.17, 15) is 4.79 Å². The zero-order chi connectivity index (χ0) is 16.8. The maximum absolute atomic E-state index is 12.4. The molecule has 4 heteroatoms. The van der Waals surface area contributed by atoms with Gasteiger partial charge in [-0.3, -0.25) is 0 Å². The average molecular weight is 382 g/mol. The van der Waals surface area contributed by atoms with E-state index in [4.69, 9.17) is 4.74 Å². The Kier molecular flexibility index (Phi) is 5.29. The summed E-state index contributed by atoms with van der Waals surface area (Å²) in [5.41, 5.74) is 3.11. The minimum Gasteiger partial charge on any atom is -0.457 e. The first kappa shape index (κ1) is 16.3. The first-order valence-electron chi connectivity index (χ1n) is 7.55. The molecule has 0 aliphatic rings. The van der Waals surface area contributed by atoms with Crippen LogP contribution in [0.1, 0.15) is 15.9 Å². The van der Waals surface area contributed by atoms with Gasteiger partial charge < -0.3 is 10.1 Å². The number of rotatable bonds is 5. The fourth-order valence-corrected chi connectivity index (χ4v) is 2.52. The van der Waals surface area contributed by atoms with Gasteiger partial charge in [-0.05, 0) is 42.0 Å². The minimum absolute atomic E-state index is 0.242. The number of hydrogen-bond acceptors (Lipinski definition) is 3. The Bertz CT molecular complexity index is 817. The highest BCUT2D eigenvalue weighted by Gasteiger charge is 2.12. The molecule has 3 aromatic carbocycles. The number of benzene rings is 3. The van der Waals surface area contributed by atoms with Gasteiger partial charge in [-0.25, -0.2) is 4.79 Å². The Labute approximate surface area is 149 Å².